The van der Waals surface area contributed by atoms with Gasteiger partial charge in [0.2, 0.25) is 11.8 Å². The lowest BCUT2D eigenvalue weighted by Gasteiger charge is -2.36. The topological polar surface area (TPSA) is 78.5 Å². The molecule has 0 aromatic heterocycles. The number of anilines is 1. The van der Waals surface area contributed by atoms with Gasteiger partial charge in [-0.25, -0.2) is 4.39 Å². The third kappa shape index (κ3) is 5.78. The molecular weight excluding hydrogens is 421 g/mol. The first kappa shape index (κ1) is 23.0. The monoisotopic (exact) mass is 451 g/mol. The van der Waals surface area contributed by atoms with Gasteiger partial charge in [0.25, 0.3) is 5.91 Å². The van der Waals surface area contributed by atoms with Gasteiger partial charge in [0.15, 0.2) is 0 Å². The number of carbonyl (C=O) groups is 3. The Bertz CT molecular complexity index is 966. The van der Waals surface area contributed by atoms with Crippen molar-refractivity contribution in [3.05, 3.63) is 66.0 Å². The maximum atomic E-state index is 13.3. The lowest BCUT2D eigenvalue weighted by molar-refractivity contribution is -0.137. The molecule has 2 aromatic rings. The molecular formula is C26H30FN3O3. The van der Waals surface area contributed by atoms with Crippen molar-refractivity contribution in [1.29, 1.82) is 0 Å². The fourth-order valence-corrected chi connectivity index (χ4v) is 4.85. The van der Waals surface area contributed by atoms with Gasteiger partial charge in [0, 0.05) is 30.3 Å². The Kier molecular flexibility index (Phi) is 7.37. The molecule has 33 heavy (non-hydrogen) atoms. The van der Waals surface area contributed by atoms with Crippen LogP contribution in [0.2, 0.25) is 0 Å². The Morgan fingerprint density at radius 3 is 2.15 bits per heavy atom. The Morgan fingerprint density at radius 2 is 1.52 bits per heavy atom. The zero-order valence-electron chi connectivity index (χ0n) is 18.6. The fourth-order valence-electron chi connectivity index (χ4n) is 4.85. The van der Waals surface area contributed by atoms with Gasteiger partial charge >= 0.3 is 0 Å². The van der Waals surface area contributed by atoms with Crippen molar-refractivity contribution in [2.24, 2.45) is 11.8 Å². The van der Waals surface area contributed by atoms with E-state index >= 15 is 0 Å². The molecule has 2 N–H and O–H groups in total. The van der Waals surface area contributed by atoms with Crippen molar-refractivity contribution in [3.63, 3.8) is 0 Å². The van der Waals surface area contributed by atoms with Crippen molar-refractivity contribution in [3.8, 4) is 0 Å². The Labute approximate surface area is 193 Å². The van der Waals surface area contributed by atoms with Gasteiger partial charge in [-0.05, 0) is 68.0 Å². The van der Waals surface area contributed by atoms with Gasteiger partial charge in [-0.3, -0.25) is 14.4 Å². The van der Waals surface area contributed by atoms with Crippen LogP contribution in [0.25, 0.3) is 0 Å². The summed E-state index contributed by atoms with van der Waals surface area (Å²) in [4.78, 5) is 40.7. The first-order valence-electron chi connectivity index (χ1n) is 11.7. The first-order valence-corrected chi connectivity index (χ1v) is 11.7. The standard InChI is InChI=1S/C26H30FN3O3/c27-21-12-10-19(11-13-21)24(31)29-23(25(32)28-22-8-2-1-3-9-22)18-14-16-30(17-15-18)26(33)20-6-4-5-7-20/h1-3,8-13,18,20,23H,4-7,14-17H2,(H,28,32)(H,29,31)/t23-/m1/s1. The van der Waals surface area contributed by atoms with Crippen LogP contribution < -0.4 is 10.6 Å². The SMILES string of the molecule is O=C(N[C@@H](C(=O)Nc1ccccc1)C1CCN(C(=O)C2CCCC2)CC1)c1ccc(F)cc1. The van der Waals surface area contributed by atoms with E-state index in [1.807, 2.05) is 23.1 Å². The average molecular weight is 452 g/mol. The molecule has 4 rings (SSSR count). The van der Waals surface area contributed by atoms with Crippen molar-refractivity contribution in [1.82, 2.24) is 10.2 Å². The number of likely N-dealkylation sites (tertiary alicyclic amines) is 1. The predicted octanol–water partition coefficient (Wildman–Crippen LogP) is 3.99. The molecule has 1 aliphatic heterocycles. The van der Waals surface area contributed by atoms with E-state index in [0.717, 1.165) is 25.7 Å². The highest BCUT2D eigenvalue weighted by atomic mass is 19.1. The second-order valence-electron chi connectivity index (χ2n) is 8.96. The highest BCUT2D eigenvalue weighted by molar-refractivity contribution is 6.01. The number of hydrogen-bond acceptors (Lipinski definition) is 3. The van der Waals surface area contributed by atoms with Gasteiger partial charge in [-0.1, -0.05) is 31.0 Å². The molecule has 3 amide bonds. The zero-order chi connectivity index (χ0) is 23.2. The summed E-state index contributed by atoms with van der Waals surface area (Å²) in [5.41, 5.74) is 0.945. The van der Waals surface area contributed by atoms with Crippen LogP contribution in [-0.2, 0) is 9.59 Å². The number of amides is 3. The fraction of sp³-hybridized carbons (Fsp3) is 0.423. The second-order valence-corrected chi connectivity index (χ2v) is 8.96. The predicted molar refractivity (Wildman–Crippen MR) is 124 cm³/mol. The Morgan fingerprint density at radius 1 is 0.879 bits per heavy atom. The summed E-state index contributed by atoms with van der Waals surface area (Å²) in [6.45, 7) is 1.17. The molecule has 0 spiro atoms. The smallest absolute Gasteiger partial charge is 0.251 e. The van der Waals surface area contributed by atoms with Gasteiger partial charge in [0.1, 0.15) is 11.9 Å². The number of nitrogens with zero attached hydrogens (tertiary/aromatic N) is 1. The quantitative estimate of drug-likeness (QED) is 0.697. The largest absolute Gasteiger partial charge is 0.342 e. The van der Waals surface area contributed by atoms with E-state index < -0.39 is 17.8 Å². The number of nitrogens with one attached hydrogen (secondary N) is 2. The van der Waals surface area contributed by atoms with E-state index in [9.17, 15) is 18.8 Å². The molecule has 7 heteroatoms. The van der Waals surface area contributed by atoms with E-state index in [1.165, 1.54) is 24.3 Å². The van der Waals surface area contributed by atoms with Crippen molar-refractivity contribution in [2.45, 2.75) is 44.6 Å². The molecule has 1 atom stereocenters. The van der Waals surface area contributed by atoms with Gasteiger partial charge in [-0.15, -0.1) is 0 Å². The van der Waals surface area contributed by atoms with Crippen LogP contribution in [0.3, 0.4) is 0 Å². The minimum Gasteiger partial charge on any atom is -0.342 e. The molecule has 1 saturated heterocycles. The molecule has 174 valence electrons. The number of para-hydroxylation sites is 1. The third-order valence-electron chi connectivity index (χ3n) is 6.74. The summed E-state index contributed by atoms with van der Waals surface area (Å²) in [6.07, 6.45) is 5.43. The minimum atomic E-state index is -0.758. The summed E-state index contributed by atoms with van der Waals surface area (Å²) < 4.78 is 13.3. The number of carbonyl (C=O) groups excluding carboxylic acids is 3. The Balaban J connectivity index is 1.45. The Hall–Kier alpha value is -3.22. The number of halogens is 1. The maximum Gasteiger partial charge on any atom is 0.251 e. The van der Waals surface area contributed by atoms with Gasteiger partial charge < -0.3 is 15.5 Å². The highest BCUT2D eigenvalue weighted by Gasteiger charge is 2.36. The van der Waals surface area contributed by atoms with Crippen LogP contribution in [0, 0.1) is 17.7 Å². The molecule has 0 radical (unpaired) electrons. The van der Waals surface area contributed by atoms with Crippen molar-refractivity contribution >= 4 is 23.4 Å². The summed E-state index contributed by atoms with van der Waals surface area (Å²) in [7, 11) is 0. The molecule has 2 aromatic carbocycles. The van der Waals surface area contributed by atoms with Crippen LogP contribution in [-0.4, -0.2) is 41.8 Å². The van der Waals surface area contributed by atoms with Crippen LogP contribution in [0.1, 0.15) is 48.9 Å². The van der Waals surface area contributed by atoms with Crippen molar-refractivity contribution in [2.75, 3.05) is 18.4 Å². The van der Waals surface area contributed by atoms with E-state index in [-0.39, 0.29) is 23.7 Å². The molecule has 2 fully saturated rings. The molecule has 0 unspecified atom stereocenters. The molecule has 1 saturated carbocycles. The number of hydrogen-bond donors (Lipinski definition) is 2. The summed E-state index contributed by atoms with van der Waals surface area (Å²) in [5, 5.41) is 5.75. The molecule has 6 nitrogen and oxygen atoms in total. The highest BCUT2D eigenvalue weighted by Crippen LogP contribution is 2.29. The second kappa shape index (κ2) is 10.6. The van der Waals surface area contributed by atoms with E-state index in [0.29, 0.717) is 37.2 Å². The summed E-state index contributed by atoms with van der Waals surface area (Å²) >= 11 is 0. The summed E-state index contributed by atoms with van der Waals surface area (Å²) in [6, 6.07) is 13.6. The van der Waals surface area contributed by atoms with Crippen LogP contribution in [0.15, 0.2) is 54.6 Å². The van der Waals surface area contributed by atoms with Crippen LogP contribution >= 0.6 is 0 Å². The molecule has 1 aliphatic carbocycles. The van der Waals surface area contributed by atoms with Crippen molar-refractivity contribution < 1.29 is 18.8 Å². The van der Waals surface area contributed by atoms with E-state index in [2.05, 4.69) is 10.6 Å². The lowest BCUT2D eigenvalue weighted by atomic mass is 9.87. The zero-order valence-corrected chi connectivity index (χ0v) is 18.6. The normalized spacial score (nSPS) is 18.0. The average Bonchev–Trinajstić information content (AvgIpc) is 3.38. The first-order chi connectivity index (χ1) is 16.0. The van der Waals surface area contributed by atoms with Crippen LogP contribution in [0.5, 0.6) is 0 Å². The number of benzene rings is 2. The number of rotatable bonds is 6. The molecule has 2 aliphatic rings. The maximum absolute atomic E-state index is 13.3. The molecule has 0 bridgehead atoms. The van der Waals surface area contributed by atoms with E-state index in [1.54, 1.807) is 12.1 Å². The third-order valence-corrected chi connectivity index (χ3v) is 6.74. The van der Waals surface area contributed by atoms with Gasteiger partial charge in [-0.2, -0.15) is 0 Å². The van der Waals surface area contributed by atoms with Gasteiger partial charge in [0.05, 0.1) is 0 Å². The van der Waals surface area contributed by atoms with Crippen LogP contribution in [0.4, 0.5) is 10.1 Å². The number of piperidine rings is 1. The lowest BCUT2D eigenvalue weighted by Crippen LogP contribution is -2.52. The summed E-state index contributed by atoms with van der Waals surface area (Å²) in [5.74, 6) is -0.886. The minimum absolute atomic E-state index is 0.106. The van der Waals surface area contributed by atoms with E-state index in [4.69, 9.17) is 0 Å². The molecule has 1 heterocycles.